The van der Waals surface area contributed by atoms with Gasteiger partial charge in [0.15, 0.2) is 0 Å². The van der Waals surface area contributed by atoms with Crippen LogP contribution in [0.15, 0.2) is 48.5 Å². The van der Waals surface area contributed by atoms with Gasteiger partial charge in [-0.1, -0.05) is 24.6 Å². The minimum atomic E-state index is -0.879. The molecule has 0 spiro atoms. The molecule has 0 radical (unpaired) electrons. The van der Waals surface area contributed by atoms with Crippen molar-refractivity contribution in [2.24, 2.45) is 0 Å². The predicted octanol–water partition coefficient (Wildman–Crippen LogP) is 3.74. The number of benzene rings is 2. The lowest BCUT2D eigenvalue weighted by molar-refractivity contribution is -0.122. The van der Waals surface area contributed by atoms with Crippen LogP contribution in [0.3, 0.4) is 0 Å². The molecule has 3 rings (SSSR count). The molecule has 2 unspecified atom stereocenters. The van der Waals surface area contributed by atoms with Crippen LogP contribution in [0.4, 0.5) is 5.69 Å². The van der Waals surface area contributed by atoms with Crippen LogP contribution in [0, 0.1) is 6.92 Å². The van der Waals surface area contributed by atoms with Gasteiger partial charge in [0.05, 0.1) is 24.3 Å². The van der Waals surface area contributed by atoms with Crippen molar-refractivity contribution in [2.45, 2.75) is 52.6 Å². The summed E-state index contributed by atoms with van der Waals surface area (Å²) in [6.07, 6.45) is 0.560. The van der Waals surface area contributed by atoms with E-state index in [1.807, 2.05) is 26.8 Å². The Bertz CT molecular complexity index is 1030. The maximum atomic E-state index is 13.4. The lowest BCUT2D eigenvalue weighted by atomic mass is 10.0. The van der Waals surface area contributed by atoms with Crippen LogP contribution in [-0.4, -0.2) is 47.3 Å². The zero-order chi connectivity index (χ0) is 23.4. The van der Waals surface area contributed by atoms with Gasteiger partial charge in [0.2, 0.25) is 5.91 Å². The van der Waals surface area contributed by atoms with E-state index in [9.17, 15) is 19.2 Å². The fourth-order valence-corrected chi connectivity index (χ4v) is 3.84. The first-order valence-electron chi connectivity index (χ1n) is 10.8. The molecule has 1 saturated heterocycles. The summed E-state index contributed by atoms with van der Waals surface area (Å²) in [7, 11) is 0. The molecule has 1 aliphatic heterocycles. The largest absolute Gasteiger partial charge is 0.462 e. The SMILES string of the molecule is CCOC(=O)c1ccc(N2C(=O)CC(N(C(=O)c3cccc(C)c3)C(C)CC)C2=O)cc1. The molecule has 7 nitrogen and oxygen atoms in total. The molecule has 2 atom stereocenters. The fourth-order valence-electron chi connectivity index (χ4n) is 3.84. The van der Waals surface area contributed by atoms with Crippen molar-refractivity contribution >= 4 is 29.4 Å². The van der Waals surface area contributed by atoms with Crippen LogP contribution in [-0.2, 0) is 14.3 Å². The molecule has 0 aliphatic carbocycles. The number of carbonyl (C=O) groups excluding carboxylic acids is 4. The van der Waals surface area contributed by atoms with Gasteiger partial charge in [-0.15, -0.1) is 0 Å². The van der Waals surface area contributed by atoms with Crippen molar-refractivity contribution in [3.8, 4) is 0 Å². The first-order chi connectivity index (χ1) is 15.3. The molecule has 168 valence electrons. The Morgan fingerprint density at radius 2 is 1.78 bits per heavy atom. The number of ether oxygens (including phenoxy) is 1. The van der Waals surface area contributed by atoms with Crippen molar-refractivity contribution in [3.63, 3.8) is 0 Å². The van der Waals surface area contributed by atoms with E-state index in [0.29, 0.717) is 23.2 Å². The number of aryl methyl sites for hydroxylation is 1. The number of anilines is 1. The zero-order valence-electron chi connectivity index (χ0n) is 18.8. The number of hydrogen-bond donors (Lipinski definition) is 0. The van der Waals surface area contributed by atoms with E-state index in [0.717, 1.165) is 10.5 Å². The third-order valence-electron chi connectivity index (χ3n) is 5.66. The van der Waals surface area contributed by atoms with Gasteiger partial charge in [0.25, 0.3) is 11.8 Å². The van der Waals surface area contributed by atoms with E-state index < -0.39 is 17.9 Å². The smallest absolute Gasteiger partial charge is 0.338 e. The number of amides is 3. The van der Waals surface area contributed by atoms with Crippen molar-refractivity contribution in [1.29, 1.82) is 0 Å². The second-order valence-corrected chi connectivity index (χ2v) is 7.89. The standard InChI is InChI=1S/C25H28N2O5/c1-5-17(4)26(23(29)19-9-7-8-16(3)14-19)21-15-22(28)27(24(21)30)20-12-10-18(11-13-20)25(31)32-6-2/h7-14,17,21H,5-6,15H2,1-4H3. The van der Waals surface area contributed by atoms with Gasteiger partial charge in [-0.3, -0.25) is 14.4 Å². The Morgan fingerprint density at radius 3 is 2.38 bits per heavy atom. The molecule has 1 fully saturated rings. The summed E-state index contributed by atoms with van der Waals surface area (Å²) in [6.45, 7) is 7.69. The highest BCUT2D eigenvalue weighted by molar-refractivity contribution is 6.23. The quantitative estimate of drug-likeness (QED) is 0.488. The molecule has 0 bridgehead atoms. The summed E-state index contributed by atoms with van der Waals surface area (Å²) in [6, 6.07) is 12.2. The van der Waals surface area contributed by atoms with E-state index in [1.165, 1.54) is 17.0 Å². The number of rotatable bonds is 7. The molecule has 3 amide bonds. The van der Waals surface area contributed by atoms with E-state index in [1.54, 1.807) is 37.3 Å². The Hall–Kier alpha value is -3.48. The number of hydrogen-bond acceptors (Lipinski definition) is 5. The summed E-state index contributed by atoms with van der Waals surface area (Å²) in [5, 5.41) is 0. The molecular weight excluding hydrogens is 408 g/mol. The molecule has 0 aromatic heterocycles. The van der Waals surface area contributed by atoms with Crippen LogP contribution in [0.5, 0.6) is 0 Å². The van der Waals surface area contributed by atoms with Crippen molar-refractivity contribution in [3.05, 3.63) is 65.2 Å². The van der Waals surface area contributed by atoms with Crippen LogP contribution in [0.1, 0.15) is 59.9 Å². The van der Waals surface area contributed by atoms with Gasteiger partial charge in [0, 0.05) is 11.6 Å². The highest BCUT2D eigenvalue weighted by atomic mass is 16.5. The number of imide groups is 1. The Kier molecular flexibility index (Phi) is 7.08. The molecule has 0 saturated carbocycles. The lowest BCUT2D eigenvalue weighted by Crippen LogP contribution is -2.49. The van der Waals surface area contributed by atoms with E-state index in [-0.39, 0.29) is 30.9 Å². The fraction of sp³-hybridized carbons (Fsp3) is 0.360. The summed E-state index contributed by atoms with van der Waals surface area (Å²) in [5.41, 5.74) is 2.13. The van der Waals surface area contributed by atoms with Gasteiger partial charge in [-0.25, -0.2) is 9.69 Å². The predicted molar refractivity (Wildman–Crippen MR) is 120 cm³/mol. The van der Waals surface area contributed by atoms with Crippen molar-refractivity contribution < 1.29 is 23.9 Å². The first-order valence-corrected chi connectivity index (χ1v) is 10.8. The molecule has 32 heavy (non-hydrogen) atoms. The summed E-state index contributed by atoms with van der Waals surface area (Å²) in [5.74, 6) is -1.56. The normalized spacial score (nSPS) is 16.8. The van der Waals surface area contributed by atoms with Crippen molar-refractivity contribution in [2.75, 3.05) is 11.5 Å². The average Bonchev–Trinajstić information content (AvgIpc) is 3.07. The topological polar surface area (TPSA) is 84.0 Å². The van der Waals surface area contributed by atoms with Gasteiger partial charge in [-0.05, 0) is 63.6 Å². The minimum Gasteiger partial charge on any atom is -0.462 e. The van der Waals surface area contributed by atoms with Crippen LogP contribution < -0.4 is 4.90 Å². The summed E-state index contributed by atoms with van der Waals surface area (Å²) >= 11 is 0. The molecule has 1 heterocycles. The second kappa shape index (κ2) is 9.77. The minimum absolute atomic E-state index is 0.0830. The Labute approximate surface area is 188 Å². The molecular formula is C25H28N2O5. The molecule has 7 heteroatoms. The Balaban J connectivity index is 1.89. The Morgan fingerprint density at radius 1 is 1.09 bits per heavy atom. The maximum absolute atomic E-state index is 13.4. The van der Waals surface area contributed by atoms with E-state index in [4.69, 9.17) is 4.74 Å². The summed E-state index contributed by atoms with van der Waals surface area (Å²) in [4.78, 5) is 54.0. The highest BCUT2D eigenvalue weighted by Crippen LogP contribution is 2.29. The molecule has 1 aliphatic rings. The average molecular weight is 437 g/mol. The van der Waals surface area contributed by atoms with Gasteiger partial charge in [0.1, 0.15) is 6.04 Å². The zero-order valence-corrected chi connectivity index (χ0v) is 18.8. The maximum Gasteiger partial charge on any atom is 0.338 e. The van der Waals surface area contributed by atoms with Gasteiger partial charge < -0.3 is 9.64 Å². The monoisotopic (exact) mass is 436 g/mol. The third kappa shape index (κ3) is 4.56. The van der Waals surface area contributed by atoms with Gasteiger partial charge in [-0.2, -0.15) is 0 Å². The number of carbonyl (C=O) groups is 4. The number of nitrogens with zero attached hydrogens (tertiary/aromatic N) is 2. The number of esters is 1. The van der Waals surface area contributed by atoms with E-state index in [2.05, 4.69) is 0 Å². The van der Waals surface area contributed by atoms with Gasteiger partial charge >= 0.3 is 5.97 Å². The van der Waals surface area contributed by atoms with Crippen LogP contribution >= 0.6 is 0 Å². The van der Waals surface area contributed by atoms with Crippen LogP contribution in [0.2, 0.25) is 0 Å². The molecule has 2 aromatic carbocycles. The summed E-state index contributed by atoms with van der Waals surface area (Å²) < 4.78 is 4.97. The van der Waals surface area contributed by atoms with Crippen LogP contribution in [0.25, 0.3) is 0 Å². The van der Waals surface area contributed by atoms with E-state index >= 15 is 0 Å². The molecule has 0 N–H and O–H groups in total. The first kappa shape index (κ1) is 23.2. The third-order valence-corrected chi connectivity index (χ3v) is 5.66. The molecule has 2 aromatic rings. The highest BCUT2D eigenvalue weighted by Gasteiger charge is 2.45. The second-order valence-electron chi connectivity index (χ2n) is 7.89. The lowest BCUT2D eigenvalue weighted by Gasteiger charge is -2.33. The van der Waals surface area contributed by atoms with Crippen molar-refractivity contribution in [1.82, 2.24) is 4.90 Å².